The number of pyridine rings is 1. The Morgan fingerprint density at radius 3 is 2.88 bits per heavy atom. The van der Waals surface area contributed by atoms with Gasteiger partial charge in [-0.1, -0.05) is 6.07 Å². The summed E-state index contributed by atoms with van der Waals surface area (Å²) in [6.45, 7) is 1.83. The normalized spacial score (nSPS) is 17.7. The number of aromatic nitrogens is 1. The van der Waals surface area contributed by atoms with Gasteiger partial charge in [-0.15, -0.1) is 0 Å². The molecule has 2 N–H and O–H groups in total. The average molecular weight is 219 g/mol. The van der Waals surface area contributed by atoms with Crippen molar-refractivity contribution in [1.82, 2.24) is 9.88 Å². The summed E-state index contributed by atoms with van der Waals surface area (Å²) in [4.78, 5) is 6.73. The molecule has 1 aliphatic rings. The van der Waals surface area contributed by atoms with E-state index >= 15 is 0 Å². The molecule has 3 heteroatoms. The van der Waals surface area contributed by atoms with E-state index in [0.717, 1.165) is 25.4 Å². The monoisotopic (exact) mass is 219 g/mol. The zero-order chi connectivity index (χ0) is 11.4. The van der Waals surface area contributed by atoms with E-state index in [2.05, 4.69) is 23.0 Å². The van der Waals surface area contributed by atoms with E-state index in [-0.39, 0.29) is 0 Å². The smallest absolute Gasteiger partial charge is 0.0416 e. The Morgan fingerprint density at radius 2 is 2.31 bits per heavy atom. The first-order valence-corrected chi connectivity index (χ1v) is 6.11. The van der Waals surface area contributed by atoms with Gasteiger partial charge >= 0.3 is 0 Å². The first-order valence-electron chi connectivity index (χ1n) is 6.11. The van der Waals surface area contributed by atoms with Crippen molar-refractivity contribution in [1.29, 1.82) is 0 Å². The fraction of sp³-hybridized carbons (Fsp3) is 0.615. The lowest BCUT2D eigenvalue weighted by Gasteiger charge is -2.26. The van der Waals surface area contributed by atoms with Crippen molar-refractivity contribution in [3.63, 3.8) is 0 Å². The van der Waals surface area contributed by atoms with Crippen molar-refractivity contribution < 1.29 is 0 Å². The highest BCUT2D eigenvalue weighted by Crippen LogP contribution is 2.34. The second-order valence-electron chi connectivity index (χ2n) is 4.69. The number of rotatable bonds is 6. The highest BCUT2D eigenvalue weighted by atomic mass is 15.1. The fourth-order valence-electron chi connectivity index (χ4n) is 2.22. The second kappa shape index (κ2) is 5.41. The van der Waals surface area contributed by atoms with Gasteiger partial charge in [-0.2, -0.15) is 0 Å². The molecule has 1 aromatic heterocycles. The molecule has 0 saturated heterocycles. The third-order valence-electron chi connectivity index (χ3n) is 3.42. The zero-order valence-electron chi connectivity index (χ0n) is 9.97. The van der Waals surface area contributed by atoms with Crippen LogP contribution >= 0.6 is 0 Å². The average Bonchev–Trinajstić information content (AvgIpc) is 3.13. The minimum Gasteiger partial charge on any atom is -0.329 e. The Balaban J connectivity index is 1.80. The molecule has 3 nitrogen and oxygen atoms in total. The van der Waals surface area contributed by atoms with Crippen LogP contribution in [0.1, 0.15) is 18.5 Å². The van der Waals surface area contributed by atoms with Crippen molar-refractivity contribution in [2.45, 2.75) is 25.3 Å². The lowest BCUT2D eigenvalue weighted by molar-refractivity contribution is 0.225. The van der Waals surface area contributed by atoms with Gasteiger partial charge in [0, 0.05) is 37.4 Å². The molecule has 0 amide bonds. The van der Waals surface area contributed by atoms with Crippen LogP contribution in [0.5, 0.6) is 0 Å². The van der Waals surface area contributed by atoms with E-state index in [4.69, 9.17) is 5.73 Å². The van der Waals surface area contributed by atoms with Crippen LogP contribution in [0, 0.1) is 5.92 Å². The minimum atomic E-state index is 0.573. The maximum absolute atomic E-state index is 5.83. The van der Waals surface area contributed by atoms with Gasteiger partial charge in [0.1, 0.15) is 0 Å². The van der Waals surface area contributed by atoms with Gasteiger partial charge in [0.15, 0.2) is 0 Å². The van der Waals surface area contributed by atoms with Gasteiger partial charge in [-0.05, 0) is 37.9 Å². The maximum Gasteiger partial charge on any atom is 0.0416 e. The largest absolute Gasteiger partial charge is 0.329 e. The lowest BCUT2D eigenvalue weighted by Crippen LogP contribution is -2.40. The summed E-state index contributed by atoms with van der Waals surface area (Å²) >= 11 is 0. The maximum atomic E-state index is 5.83. The summed E-state index contributed by atoms with van der Waals surface area (Å²) in [7, 11) is 2.18. The van der Waals surface area contributed by atoms with Crippen LogP contribution in [0.15, 0.2) is 24.4 Å². The Morgan fingerprint density at radius 1 is 1.50 bits per heavy atom. The van der Waals surface area contributed by atoms with E-state index in [9.17, 15) is 0 Å². The molecule has 1 unspecified atom stereocenters. The first-order chi connectivity index (χ1) is 7.81. The van der Waals surface area contributed by atoms with Crippen molar-refractivity contribution >= 4 is 0 Å². The van der Waals surface area contributed by atoms with Crippen molar-refractivity contribution in [2.24, 2.45) is 11.7 Å². The molecule has 1 fully saturated rings. The molecule has 0 radical (unpaired) electrons. The van der Waals surface area contributed by atoms with E-state index in [1.807, 2.05) is 18.3 Å². The topological polar surface area (TPSA) is 42.2 Å². The third-order valence-corrected chi connectivity index (χ3v) is 3.42. The quantitative estimate of drug-likeness (QED) is 0.784. The molecule has 1 aromatic rings. The van der Waals surface area contributed by atoms with Gasteiger partial charge in [-0.3, -0.25) is 4.98 Å². The van der Waals surface area contributed by atoms with Crippen LogP contribution in [-0.4, -0.2) is 36.1 Å². The first kappa shape index (κ1) is 11.6. The summed E-state index contributed by atoms with van der Waals surface area (Å²) in [6.07, 6.45) is 5.59. The fourth-order valence-corrected chi connectivity index (χ4v) is 2.22. The van der Waals surface area contributed by atoms with E-state index in [1.165, 1.54) is 18.5 Å². The van der Waals surface area contributed by atoms with Gasteiger partial charge in [0.05, 0.1) is 0 Å². The Bertz CT molecular complexity index is 308. The van der Waals surface area contributed by atoms with Gasteiger partial charge in [0.2, 0.25) is 0 Å². The van der Waals surface area contributed by atoms with Crippen molar-refractivity contribution in [3.05, 3.63) is 30.1 Å². The summed E-state index contributed by atoms with van der Waals surface area (Å²) in [6, 6.07) is 6.66. The third kappa shape index (κ3) is 3.03. The molecule has 1 aliphatic carbocycles. The molecule has 0 bridgehead atoms. The van der Waals surface area contributed by atoms with Gasteiger partial charge < -0.3 is 10.6 Å². The molecule has 16 heavy (non-hydrogen) atoms. The van der Waals surface area contributed by atoms with Crippen LogP contribution in [0.25, 0.3) is 0 Å². The Labute approximate surface area is 97.7 Å². The number of likely N-dealkylation sites (N-methyl/N-ethyl adjacent to an activating group) is 1. The Hall–Kier alpha value is -0.930. The molecule has 88 valence electrons. The summed E-state index contributed by atoms with van der Waals surface area (Å²) in [5.74, 6) is 0.846. The SMILES string of the molecule is CN(CCc1ccccn1)C(CN)C1CC1. The number of hydrogen-bond donors (Lipinski definition) is 1. The van der Waals surface area contributed by atoms with Crippen molar-refractivity contribution in [2.75, 3.05) is 20.1 Å². The van der Waals surface area contributed by atoms with E-state index < -0.39 is 0 Å². The van der Waals surface area contributed by atoms with Crippen LogP contribution in [0.2, 0.25) is 0 Å². The van der Waals surface area contributed by atoms with Crippen LogP contribution in [0.4, 0.5) is 0 Å². The minimum absolute atomic E-state index is 0.573. The van der Waals surface area contributed by atoms with Crippen LogP contribution < -0.4 is 5.73 Å². The highest BCUT2D eigenvalue weighted by Gasteiger charge is 2.32. The van der Waals surface area contributed by atoms with E-state index in [0.29, 0.717) is 6.04 Å². The predicted octanol–water partition coefficient (Wildman–Crippen LogP) is 1.29. The molecular weight excluding hydrogens is 198 g/mol. The van der Waals surface area contributed by atoms with Gasteiger partial charge in [-0.25, -0.2) is 0 Å². The Kier molecular flexibility index (Phi) is 3.91. The van der Waals surface area contributed by atoms with Crippen LogP contribution in [0.3, 0.4) is 0 Å². The van der Waals surface area contributed by atoms with E-state index in [1.54, 1.807) is 0 Å². The molecular formula is C13H21N3. The summed E-state index contributed by atoms with van der Waals surface area (Å²) < 4.78 is 0. The second-order valence-corrected chi connectivity index (χ2v) is 4.69. The van der Waals surface area contributed by atoms with Gasteiger partial charge in [0.25, 0.3) is 0 Å². The predicted molar refractivity (Wildman–Crippen MR) is 66.1 cm³/mol. The summed E-state index contributed by atoms with van der Waals surface area (Å²) in [5.41, 5.74) is 6.99. The molecule has 0 aromatic carbocycles. The zero-order valence-corrected chi connectivity index (χ0v) is 9.97. The molecule has 1 heterocycles. The molecule has 1 atom stereocenters. The standard InChI is InChI=1S/C13H21N3/c1-16(13(10-14)11-5-6-11)9-7-12-4-2-3-8-15-12/h2-4,8,11,13H,5-7,9-10,14H2,1H3. The highest BCUT2D eigenvalue weighted by molar-refractivity contribution is 5.04. The number of nitrogens with zero attached hydrogens (tertiary/aromatic N) is 2. The van der Waals surface area contributed by atoms with Crippen molar-refractivity contribution in [3.8, 4) is 0 Å². The molecule has 0 spiro atoms. The molecule has 1 saturated carbocycles. The number of hydrogen-bond acceptors (Lipinski definition) is 3. The molecule has 2 rings (SSSR count). The molecule has 0 aliphatic heterocycles. The summed E-state index contributed by atoms with van der Waals surface area (Å²) in [5, 5.41) is 0. The van der Waals surface area contributed by atoms with Crippen LogP contribution in [-0.2, 0) is 6.42 Å². The lowest BCUT2D eigenvalue weighted by atomic mass is 10.1. The number of nitrogens with two attached hydrogens (primary N) is 1.